The van der Waals surface area contributed by atoms with Gasteiger partial charge in [-0.25, -0.2) is 14.0 Å². The molecule has 2 rings (SSSR count). The number of para-hydroxylation sites is 1. The Morgan fingerprint density at radius 2 is 2.00 bits per heavy atom. The first-order valence-corrected chi connectivity index (χ1v) is 8.83. The molecule has 9 heteroatoms. The number of carbonyl (C=O) groups excluding carboxylic acids is 3. The van der Waals surface area contributed by atoms with Crippen molar-refractivity contribution in [3.8, 4) is 0 Å². The van der Waals surface area contributed by atoms with Crippen molar-refractivity contribution < 1.29 is 27.9 Å². The summed E-state index contributed by atoms with van der Waals surface area (Å²) in [5.74, 6) is -2.62. The first kappa shape index (κ1) is 21.1. The van der Waals surface area contributed by atoms with Crippen LogP contribution in [0.3, 0.4) is 0 Å². The maximum Gasteiger partial charge on any atom is 0.349 e. The Morgan fingerprint density at radius 1 is 1.25 bits per heavy atom. The lowest BCUT2D eigenvalue weighted by Crippen LogP contribution is -2.43. The second-order valence-electron chi connectivity index (χ2n) is 5.88. The van der Waals surface area contributed by atoms with Crippen molar-refractivity contribution in [1.29, 1.82) is 0 Å². The highest BCUT2D eigenvalue weighted by Gasteiger charge is 2.25. The van der Waals surface area contributed by atoms with E-state index in [0.29, 0.717) is 6.54 Å². The standard InChI is InChI=1S/C19H21FN2O6/c1-3-21-15(23)9-8-14(19(26)27-4-2)22-17(24)12-10-11-6-5-7-13(20)16(11)28-18(12)25/h5-7,10,14H,3-4,8-9H2,1-2H3,(H,21,23)(H,22,24). The van der Waals surface area contributed by atoms with Crippen LogP contribution in [0.25, 0.3) is 11.0 Å². The number of nitrogens with one attached hydrogen (secondary N) is 2. The Bertz CT molecular complexity index is 940. The first-order chi connectivity index (χ1) is 13.4. The second-order valence-corrected chi connectivity index (χ2v) is 5.88. The molecule has 0 fully saturated rings. The third-order valence-electron chi connectivity index (χ3n) is 3.87. The average Bonchev–Trinajstić information content (AvgIpc) is 2.65. The molecule has 0 radical (unpaired) electrons. The summed E-state index contributed by atoms with van der Waals surface area (Å²) in [7, 11) is 0. The normalized spacial score (nSPS) is 11.7. The molecule has 0 saturated carbocycles. The number of hydrogen-bond acceptors (Lipinski definition) is 6. The number of carbonyl (C=O) groups is 3. The van der Waals surface area contributed by atoms with Gasteiger partial charge in [-0.2, -0.15) is 0 Å². The van der Waals surface area contributed by atoms with Crippen LogP contribution in [0.4, 0.5) is 4.39 Å². The zero-order chi connectivity index (χ0) is 20.7. The van der Waals surface area contributed by atoms with Crippen LogP contribution < -0.4 is 16.3 Å². The quantitative estimate of drug-likeness (QED) is 0.520. The minimum absolute atomic E-state index is 0.00997. The predicted octanol–water partition coefficient (Wildman–Crippen LogP) is 1.51. The van der Waals surface area contributed by atoms with E-state index < -0.39 is 29.4 Å². The van der Waals surface area contributed by atoms with Crippen molar-refractivity contribution in [2.24, 2.45) is 0 Å². The highest BCUT2D eigenvalue weighted by atomic mass is 19.1. The van der Waals surface area contributed by atoms with Crippen molar-refractivity contribution in [2.75, 3.05) is 13.2 Å². The number of benzene rings is 1. The van der Waals surface area contributed by atoms with Gasteiger partial charge < -0.3 is 19.8 Å². The molecule has 1 unspecified atom stereocenters. The topological polar surface area (TPSA) is 115 Å². The third-order valence-corrected chi connectivity index (χ3v) is 3.87. The van der Waals surface area contributed by atoms with Gasteiger partial charge in [0, 0.05) is 18.4 Å². The number of rotatable bonds is 8. The Hall–Kier alpha value is -3.23. The summed E-state index contributed by atoms with van der Waals surface area (Å²) in [4.78, 5) is 48.3. The molecule has 0 aliphatic rings. The largest absolute Gasteiger partial charge is 0.464 e. The molecular formula is C19H21FN2O6. The van der Waals surface area contributed by atoms with E-state index in [0.717, 1.165) is 6.07 Å². The minimum atomic E-state index is -1.13. The van der Waals surface area contributed by atoms with Crippen LogP contribution in [-0.2, 0) is 14.3 Å². The van der Waals surface area contributed by atoms with E-state index >= 15 is 0 Å². The summed E-state index contributed by atoms with van der Waals surface area (Å²) < 4.78 is 23.5. The molecule has 1 heterocycles. The summed E-state index contributed by atoms with van der Waals surface area (Å²) in [5, 5.41) is 5.20. The van der Waals surface area contributed by atoms with Crippen molar-refractivity contribution in [3.05, 3.63) is 46.1 Å². The molecule has 0 bridgehead atoms. The predicted molar refractivity (Wildman–Crippen MR) is 98.2 cm³/mol. The van der Waals surface area contributed by atoms with Gasteiger partial charge >= 0.3 is 11.6 Å². The van der Waals surface area contributed by atoms with Crippen LogP contribution in [0.5, 0.6) is 0 Å². The zero-order valence-electron chi connectivity index (χ0n) is 15.5. The number of hydrogen-bond donors (Lipinski definition) is 2. The van der Waals surface area contributed by atoms with Crippen LogP contribution in [0.1, 0.15) is 37.0 Å². The van der Waals surface area contributed by atoms with E-state index in [2.05, 4.69) is 10.6 Å². The first-order valence-electron chi connectivity index (χ1n) is 8.83. The molecule has 1 aromatic carbocycles. The zero-order valence-corrected chi connectivity index (χ0v) is 15.5. The Balaban J connectivity index is 2.23. The fourth-order valence-corrected chi connectivity index (χ4v) is 2.56. The van der Waals surface area contributed by atoms with Gasteiger partial charge in [0.2, 0.25) is 5.91 Å². The lowest BCUT2D eigenvalue weighted by atomic mass is 10.1. The van der Waals surface area contributed by atoms with Crippen LogP contribution in [0.2, 0.25) is 0 Å². The number of esters is 1. The second kappa shape index (κ2) is 9.63. The Labute approximate surface area is 160 Å². The van der Waals surface area contributed by atoms with Gasteiger partial charge in [-0.15, -0.1) is 0 Å². The third kappa shape index (κ3) is 5.15. The molecule has 1 aromatic heterocycles. The molecule has 0 aliphatic heterocycles. The molecule has 2 N–H and O–H groups in total. The van der Waals surface area contributed by atoms with E-state index in [9.17, 15) is 23.6 Å². The summed E-state index contributed by atoms with van der Waals surface area (Å²) in [5.41, 5.74) is -1.69. The summed E-state index contributed by atoms with van der Waals surface area (Å²) >= 11 is 0. The number of amides is 2. The highest BCUT2D eigenvalue weighted by molar-refractivity contribution is 5.98. The van der Waals surface area contributed by atoms with Gasteiger partial charge in [0.05, 0.1) is 6.61 Å². The number of halogens is 1. The van der Waals surface area contributed by atoms with Gasteiger partial charge in [0.1, 0.15) is 11.6 Å². The molecule has 0 spiro atoms. The molecule has 2 amide bonds. The number of fused-ring (bicyclic) bond motifs is 1. The van der Waals surface area contributed by atoms with Crippen molar-refractivity contribution in [3.63, 3.8) is 0 Å². The molecule has 1 atom stereocenters. The lowest BCUT2D eigenvalue weighted by molar-refractivity contribution is -0.145. The molecular weight excluding hydrogens is 371 g/mol. The molecule has 28 heavy (non-hydrogen) atoms. The Morgan fingerprint density at radius 3 is 2.68 bits per heavy atom. The van der Waals surface area contributed by atoms with Gasteiger partial charge in [-0.05, 0) is 32.4 Å². The molecule has 8 nitrogen and oxygen atoms in total. The fraction of sp³-hybridized carbons (Fsp3) is 0.368. The molecule has 150 valence electrons. The lowest BCUT2D eigenvalue weighted by Gasteiger charge is -2.17. The number of ether oxygens (including phenoxy) is 1. The maximum atomic E-state index is 13.7. The van der Waals surface area contributed by atoms with Crippen molar-refractivity contribution in [2.45, 2.75) is 32.7 Å². The monoisotopic (exact) mass is 392 g/mol. The molecule has 0 aliphatic carbocycles. The van der Waals surface area contributed by atoms with Crippen LogP contribution >= 0.6 is 0 Å². The Kier molecular flexibility index (Phi) is 7.25. The molecule has 0 saturated heterocycles. The van der Waals surface area contributed by atoms with E-state index in [1.807, 2.05) is 0 Å². The van der Waals surface area contributed by atoms with E-state index in [-0.39, 0.29) is 41.9 Å². The van der Waals surface area contributed by atoms with E-state index in [1.54, 1.807) is 13.8 Å². The summed E-state index contributed by atoms with van der Waals surface area (Å²) in [6.45, 7) is 3.88. The highest BCUT2D eigenvalue weighted by Crippen LogP contribution is 2.17. The van der Waals surface area contributed by atoms with Crippen LogP contribution in [0, 0.1) is 5.82 Å². The SMILES string of the molecule is CCNC(=O)CCC(NC(=O)c1cc2cccc(F)c2oc1=O)C(=O)OCC. The van der Waals surface area contributed by atoms with Gasteiger partial charge in [-0.3, -0.25) is 9.59 Å². The minimum Gasteiger partial charge on any atom is -0.464 e. The van der Waals surface area contributed by atoms with Gasteiger partial charge in [-0.1, -0.05) is 12.1 Å². The van der Waals surface area contributed by atoms with Gasteiger partial charge in [0.25, 0.3) is 5.91 Å². The van der Waals surface area contributed by atoms with Crippen molar-refractivity contribution in [1.82, 2.24) is 10.6 Å². The summed E-state index contributed by atoms with van der Waals surface area (Å²) in [6.07, 6.45) is -0.0287. The van der Waals surface area contributed by atoms with Crippen LogP contribution in [0.15, 0.2) is 33.5 Å². The van der Waals surface area contributed by atoms with E-state index in [4.69, 9.17) is 9.15 Å². The smallest absolute Gasteiger partial charge is 0.349 e. The fourth-order valence-electron chi connectivity index (χ4n) is 2.56. The maximum absolute atomic E-state index is 13.7. The molecule has 2 aromatic rings. The van der Waals surface area contributed by atoms with Gasteiger partial charge in [0.15, 0.2) is 11.4 Å². The summed E-state index contributed by atoms with van der Waals surface area (Å²) in [6, 6.07) is 4.08. The average molecular weight is 392 g/mol. The van der Waals surface area contributed by atoms with E-state index in [1.165, 1.54) is 18.2 Å². The van der Waals surface area contributed by atoms with Crippen LogP contribution in [-0.4, -0.2) is 37.0 Å². The van der Waals surface area contributed by atoms with Crippen molar-refractivity contribution >= 4 is 28.8 Å².